The molecule has 2 aliphatic carbocycles. The fourth-order valence-corrected chi connectivity index (χ4v) is 6.37. The van der Waals surface area contributed by atoms with Gasteiger partial charge in [-0.2, -0.15) is 0 Å². The second-order valence-corrected chi connectivity index (χ2v) is 10.5. The second-order valence-electron chi connectivity index (χ2n) is 10.5. The molecule has 32 heavy (non-hydrogen) atoms. The van der Waals surface area contributed by atoms with E-state index in [4.69, 9.17) is 23.7 Å². The van der Waals surface area contributed by atoms with Crippen molar-refractivity contribution < 1.29 is 38.1 Å². The maximum Gasteiger partial charge on any atom is 0.351 e. The molecule has 0 aromatic carbocycles. The molecule has 0 aromatic heterocycles. The smallest absolute Gasteiger partial charge is 0.351 e. The number of carbonyl (C=O) groups is 3. The van der Waals surface area contributed by atoms with E-state index >= 15 is 0 Å². The number of methoxy groups -OCH3 is 2. The third kappa shape index (κ3) is 3.20. The van der Waals surface area contributed by atoms with Crippen molar-refractivity contribution in [1.82, 2.24) is 0 Å². The maximum atomic E-state index is 13.6. The van der Waals surface area contributed by atoms with E-state index in [1.54, 1.807) is 7.11 Å². The van der Waals surface area contributed by atoms with Crippen LogP contribution in [0.4, 0.5) is 0 Å². The molecule has 7 atom stereocenters. The van der Waals surface area contributed by atoms with Gasteiger partial charge in [0, 0.05) is 18.4 Å². The normalized spacial score (nSPS) is 42.9. The Morgan fingerprint density at radius 1 is 1.00 bits per heavy atom. The summed E-state index contributed by atoms with van der Waals surface area (Å²) in [6, 6.07) is 0. The van der Waals surface area contributed by atoms with Crippen molar-refractivity contribution in [1.29, 1.82) is 0 Å². The molecule has 4 aliphatic rings. The lowest BCUT2D eigenvalue weighted by Gasteiger charge is -2.37. The van der Waals surface area contributed by atoms with Crippen LogP contribution in [0.2, 0.25) is 0 Å². The Kier molecular flexibility index (Phi) is 6.07. The van der Waals surface area contributed by atoms with Crippen LogP contribution in [0.3, 0.4) is 0 Å². The molecule has 2 aliphatic heterocycles. The van der Waals surface area contributed by atoms with Gasteiger partial charge in [0.25, 0.3) is 0 Å². The van der Waals surface area contributed by atoms with Gasteiger partial charge in [-0.1, -0.05) is 33.1 Å². The molecular formula is C24H36O8. The monoisotopic (exact) mass is 452 g/mol. The lowest BCUT2D eigenvalue weighted by Crippen LogP contribution is -2.51. The summed E-state index contributed by atoms with van der Waals surface area (Å²) in [5.41, 5.74) is -2.72. The van der Waals surface area contributed by atoms with Crippen molar-refractivity contribution in [3.8, 4) is 0 Å². The largest absolute Gasteiger partial charge is 0.469 e. The van der Waals surface area contributed by atoms with Crippen LogP contribution in [0.15, 0.2) is 0 Å². The van der Waals surface area contributed by atoms with Crippen LogP contribution >= 0.6 is 0 Å². The molecule has 0 aromatic rings. The van der Waals surface area contributed by atoms with Crippen LogP contribution in [-0.4, -0.2) is 56.2 Å². The zero-order chi connectivity index (χ0) is 23.3. The Morgan fingerprint density at radius 2 is 1.69 bits per heavy atom. The molecule has 0 spiro atoms. The number of ether oxygens (including phenoxy) is 5. The lowest BCUT2D eigenvalue weighted by molar-refractivity contribution is -0.200. The Bertz CT molecular complexity index is 778. The molecular weight excluding hydrogens is 416 g/mol. The highest BCUT2D eigenvalue weighted by molar-refractivity contribution is 5.93. The van der Waals surface area contributed by atoms with E-state index in [2.05, 4.69) is 0 Å². The first-order chi connectivity index (χ1) is 15.1. The molecule has 8 nitrogen and oxygen atoms in total. The molecule has 180 valence electrons. The molecule has 4 fully saturated rings. The van der Waals surface area contributed by atoms with Crippen LogP contribution in [0, 0.1) is 22.7 Å². The maximum absolute atomic E-state index is 13.6. The SMILES string of the molecule is COC(=O)[C@H]1[C@@H]2CCCCCC[C@H](OC(=O)[C@@]34CC[C@@](C)(C(=O)O3)C4(C)C)[C@H]1O[C@@H]2OC. The first-order valence-corrected chi connectivity index (χ1v) is 11.8. The fourth-order valence-electron chi connectivity index (χ4n) is 6.37. The molecule has 4 bridgehead atoms. The molecule has 0 radical (unpaired) electrons. The van der Waals surface area contributed by atoms with Crippen molar-refractivity contribution in [3.05, 3.63) is 0 Å². The van der Waals surface area contributed by atoms with Gasteiger partial charge in [-0.15, -0.1) is 0 Å². The highest BCUT2D eigenvalue weighted by atomic mass is 16.7. The van der Waals surface area contributed by atoms with Gasteiger partial charge >= 0.3 is 17.9 Å². The summed E-state index contributed by atoms with van der Waals surface area (Å²) in [6.07, 6.45) is 4.35. The van der Waals surface area contributed by atoms with E-state index in [0.717, 1.165) is 32.1 Å². The van der Waals surface area contributed by atoms with E-state index in [9.17, 15) is 14.4 Å². The van der Waals surface area contributed by atoms with E-state index in [1.807, 2.05) is 20.8 Å². The fraction of sp³-hybridized carbons (Fsp3) is 0.875. The predicted molar refractivity (Wildman–Crippen MR) is 112 cm³/mol. The first-order valence-electron chi connectivity index (χ1n) is 11.8. The van der Waals surface area contributed by atoms with Crippen molar-refractivity contribution in [2.24, 2.45) is 22.7 Å². The van der Waals surface area contributed by atoms with Crippen LogP contribution in [-0.2, 0) is 38.1 Å². The van der Waals surface area contributed by atoms with E-state index in [-0.39, 0.29) is 17.9 Å². The Balaban J connectivity index is 1.63. The average Bonchev–Trinajstić information content (AvgIpc) is 3.27. The van der Waals surface area contributed by atoms with Gasteiger partial charge in [0.05, 0.1) is 18.4 Å². The number of hydrogen-bond donors (Lipinski definition) is 0. The lowest BCUT2D eigenvalue weighted by atomic mass is 9.66. The minimum Gasteiger partial charge on any atom is -0.469 e. The number of fused-ring (bicyclic) bond motifs is 4. The Labute approximate surface area is 189 Å². The summed E-state index contributed by atoms with van der Waals surface area (Å²) in [5.74, 6) is -2.00. The number of esters is 3. The predicted octanol–water partition coefficient (Wildman–Crippen LogP) is 3.15. The minimum atomic E-state index is -1.31. The second kappa shape index (κ2) is 8.28. The third-order valence-electron chi connectivity index (χ3n) is 8.98. The summed E-state index contributed by atoms with van der Waals surface area (Å²) in [7, 11) is 2.93. The zero-order valence-electron chi connectivity index (χ0n) is 19.8. The number of hydrogen-bond acceptors (Lipinski definition) is 8. The highest BCUT2D eigenvalue weighted by Crippen LogP contribution is 2.66. The van der Waals surface area contributed by atoms with Crippen LogP contribution < -0.4 is 0 Å². The van der Waals surface area contributed by atoms with E-state index < -0.39 is 46.8 Å². The Morgan fingerprint density at radius 3 is 2.25 bits per heavy atom. The molecule has 4 rings (SSSR count). The molecule has 2 saturated heterocycles. The van der Waals surface area contributed by atoms with Gasteiger partial charge in [0.1, 0.15) is 12.2 Å². The quantitative estimate of drug-likeness (QED) is 0.474. The number of rotatable bonds is 4. The van der Waals surface area contributed by atoms with Crippen molar-refractivity contribution in [3.63, 3.8) is 0 Å². The summed E-state index contributed by atoms with van der Waals surface area (Å²) in [5, 5.41) is 0. The van der Waals surface area contributed by atoms with Crippen LogP contribution in [0.5, 0.6) is 0 Å². The number of carbonyl (C=O) groups excluding carboxylic acids is 3. The minimum absolute atomic E-state index is 0.162. The van der Waals surface area contributed by atoms with Crippen molar-refractivity contribution >= 4 is 17.9 Å². The van der Waals surface area contributed by atoms with Crippen LogP contribution in [0.25, 0.3) is 0 Å². The molecule has 0 N–H and O–H groups in total. The summed E-state index contributed by atoms with van der Waals surface area (Å²) in [6.45, 7) is 5.67. The van der Waals surface area contributed by atoms with Gasteiger partial charge in [-0.05, 0) is 39.0 Å². The summed E-state index contributed by atoms with van der Waals surface area (Å²) >= 11 is 0. The van der Waals surface area contributed by atoms with E-state index in [0.29, 0.717) is 19.3 Å². The van der Waals surface area contributed by atoms with Crippen molar-refractivity contribution in [2.45, 2.75) is 96.2 Å². The summed E-state index contributed by atoms with van der Waals surface area (Å²) in [4.78, 5) is 39.0. The first kappa shape index (κ1) is 23.5. The summed E-state index contributed by atoms with van der Waals surface area (Å²) < 4.78 is 28.7. The van der Waals surface area contributed by atoms with Crippen LogP contribution in [0.1, 0.15) is 72.1 Å². The van der Waals surface area contributed by atoms with Gasteiger partial charge in [-0.3, -0.25) is 9.59 Å². The zero-order valence-corrected chi connectivity index (χ0v) is 19.8. The van der Waals surface area contributed by atoms with E-state index in [1.165, 1.54) is 7.11 Å². The topological polar surface area (TPSA) is 97.4 Å². The molecule has 0 amide bonds. The Hall–Kier alpha value is -1.67. The van der Waals surface area contributed by atoms with Gasteiger partial charge < -0.3 is 23.7 Å². The molecule has 2 heterocycles. The van der Waals surface area contributed by atoms with Crippen molar-refractivity contribution in [2.75, 3.05) is 14.2 Å². The third-order valence-corrected chi connectivity index (χ3v) is 8.98. The highest BCUT2D eigenvalue weighted by Gasteiger charge is 2.76. The molecule has 0 unspecified atom stereocenters. The average molecular weight is 453 g/mol. The van der Waals surface area contributed by atoms with Gasteiger partial charge in [-0.25, -0.2) is 4.79 Å². The molecule has 2 saturated carbocycles. The van der Waals surface area contributed by atoms with Gasteiger partial charge in [0.2, 0.25) is 5.60 Å². The standard InChI is InChI=1S/C24H36O8/c1-22(2)23(3)12-13-24(22,32-20(23)26)21(27)30-15-11-9-7-6-8-10-14-16(18(25)28-4)17(15)31-19(14)29-5/h14-17,19H,6-13H2,1-5H3/t14-,15-,16-,17+,19-,23-,24+/m0/s1. The van der Waals surface area contributed by atoms with Gasteiger partial charge in [0.15, 0.2) is 6.29 Å². The molecule has 8 heteroatoms.